The van der Waals surface area contributed by atoms with E-state index in [0.717, 1.165) is 18.2 Å². The summed E-state index contributed by atoms with van der Waals surface area (Å²) in [5.41, 5.74) is -0.0942. The van der Waals surface area contributed by atoms with E-state index in [2.05, 4.69) is 5.32 Å². The fourth-order valence-corrected chi connectivity index (χ4v) is 2.81. The standard InChI is InChI=1S/C21H17F2N3O8/c1-12-2-4-18(17(6-12)26(30)31)33-10-15-3-5-19(34-15)21(27)24-13-7-14(25(28)29)9-16(8-13)32-11-20(22)23/h2-9,20H,10-11H2,1H3,(H,24,27). The van der Waals surface area contributed by atoms with Gasteiger partial charge in [0.2, 0.25) is 0 Å². The van der Waals surface area contributed by atoms with Crippen molar-refractivity contribution in [1.29, 1.82) is 0 Å². The number of nitrogens with zero attached hydrogens (tertiary/aromatic N) is 2. The molecule has 0 aliphatic carbocycles. The van der Waals surface area contributed by atoms with E-state index in [1.54, 1.807) is 13.0 Å². The van der Waals surface area contributed by atoms with Crippen molar-refractivity contribution in [2.75, 3.05) is 11.9 Å². The molecule has 2 aromatic carbocycles. The van der Waals surface area contributed by atoms with E-state index in [9.17, 15) is 33.8 Å². The van der Waals surface area contributed by atoms with Crippen molar-refractivity contribution in [3.05, 3.63) is 85.8 Å². The van der Waals surface area contributed by atoms with E-state index in [1.807, 2.05) is 0 Å². The number of benzene rings is 2. The SMILES string of the molecule is Cc1ccc(OCc2ccc(C(=O)Nc3cc(OCC(F)F)cc([N+](=O)[O-])c3)o2)c([N+](=O)[O-])c1. The number of hydrogen-bond acceptors (Lipinski definition) is 8. The first-order chi connectivity index (χ1) is 16.1. The molecular weight excluding hydrogens is 460 g/mol. The summed E-state index contributed by atoms with van der Waals surface area (Å²) in [6, 6.07) is 10.3. The fraction of sp³-hybridized carbons (Fsp3) is 0.190. The molecule has 0 aliphatic rings. The van der Waals surface area contributed by atoms with Gasteiger partial charge in [0.25, 0.3) is 18.0 Å². The number of nitro benzene ring substituents is 2. The first kappa shape index (κ1) is 24.1. The predicted molar refractivity (Wildman–Crippen MR) is 113 cm³/mol. The summed E-state index contributed by atoms with van der Waals surface area (Å²) >= 11 is 0. The number of non-ortho nitro benzene ring substituents is 1. The summed E-state index contributed by atoms with van der Waals surface area (Å²) in [6.45, 7) is 0.512. The molecular formula is C21H17F2N3O8. The summed E-state index contributed by atoms with van der Waals surface area (Å²) in [7, 11) is 0. The highest BCUT2D eigenvalue weighted by Crippen LogP contribution is 2.29. The van der Waals surface area contributed by atoms with Crippen molar-refractivity contribution >= 4 is 23.0 Å². The van der Waals surface area contributed by atoms with Gasteiger partial charge in [-0.3, -0.25) is 25.0 Å². The minimum atomic E-state index is -2.79. The molecule has 178 valence electrons. The molecule has 0 unspecified atom stereocenters. The van der Waals surface area contributed by atoms with Gasteiger partial charge in [0.05, 0.1) is 21.6 Å². The molecule has 0 aliphatic heterocycles. The highest BCUT2D eigenvalue weighted by atomic mass is 19.3. The van der Waals surface area contributed by atoms with Crippen molar-refractivity contribution in [1.82, 2.24) is 0 Å². The Morgan fingerprint density at radius 1 is 1.06 bits per heavy atom. The molecule has 11 nitrogen and oxygen atoms in total. The van der Waals surface area contributed by atoms with E-state index >= 15 is 0 Å². The van der Waals surface area contributed by atoms with Crippen LogP contribution in [-0.2, 0) is 6.61 Å². The number of ether oxygens (including phenoxy) is 2. The monoisotopic (exact) mass is 477 g/mol. The van der Waals surface area contributed by atoms with Crippen LogP contribution in [0.3, 0.4) is 0 Å². The highest BCUT2D eigenvalue weighted by Gasteiger charge is 2.18. The van der Waals surface area contributed by atoms with Gasteiger partial charge in [-0.2, -0.15) is 0 Å². The molecule has 13 heteroatoms. The predicted octanol–water partition coefficient (Wildman–Crippen LogP) is 4.88. The maximum Gasteiger partial charge on any atom is 0.311 e. The van der Waals surface area contributed by atoms with E-state index in [1.165, 1.54) is 24.3 Å². The molecule has 0 saturated carbocycles. The van der Waals surface area contributed by atoms with Crippen LogP contribution in [0.15, 0.2) is 52.9 Å². The molecule has 0 saturated heterocycles. The number of hydrogen-bond donors (Lipinski definition) is 1. The van der Waals surface area contributed by atoms with Crippen LogP contribution in [0, 0.1) is 27.2 Å². The van der Waals surface area contributed by atoms with Crippen LogP contribution >= 0.6 is 0 Å². The lowest BCUT2D eigenvalue weighted by Crippen LogP contribution is -2.12. The third-order valence-corrected chi connectivity index (χ3v) is 4.30. The molecule has 0 radical (unpaired) electrons. The fourth-order valence-electron chi connectivity index (χ4n) is 2.81. The van der Waals surface area contributed by atoms with Crippen LogP contribution in [0.25, 0.3) is 0 Å². The van der Waals surface area contributed by atoms with Gasteiger partial charge in [-0.25, -0.2) is 8.78 Å². The Balaban J connectivity index is 1.70. The zero-order valence-corrected chi connectivity index (χ0v) is 17.5. The Kier molecular flexibility index (Phi) is 7.36. The van der Waals surface area contributed by atoms with Gasteiger partial charge in [0.15, 0.2) is 11.5 Å². The number of anilines is 1. The average Bonchev–Trinajstić information content (AvgIpc) is 3.26. The van der Waals surface area contributed by atoms with Crippen LogP contribution < -0.4 is 14.8 Å². The molecule has 0 atom stereocenters. The second kappa shape index (κ2) is 10.4. The Morgan fingerprint density at radius 2 is 1.82 bits per heavy atom. The Morgan fingerprint density at radius 3 is 2.50 bits per heavy atom. The number of alkyl halides is 2. The molecule has 0 spiro atoms. The maximum atomic E-state index is 12.5. The van der Waals surface area contributed by atoms with E-state index < -0.39 is 34.5 Å². The number of rotatable bonds is 10. The van der Waals surface area contributed by atoms with Gasteiger partial charge < -0.3 is 19.2 Å². The normalized spacial score (nSPS) is 10.7. The average molecular weight is 477 g/mol. The van der Waals surface area contributed by atoms with Gasteiger partial charge in [-0.15, -0.1) is 0 Å². The van der Waals surface area contributed by atoms with Gasteiger partial charge in [0.1, 0.15) is 24.7 Å². The smallest absolute Gasteiger partial charge is 0.311 e. The first-order valence-electron chi connectivity index (χ1n) is 9.60. The third kappa shape index (κ3) is 6.25. The minimum Gasteiger partial charge on any atom is -0.487 e. The number of aryl methyl sites for hydroxylation is 1. The van der Waals surface area contributed by atoms with E-state index in [-0.39, 0.29) is 41.0 Å². The van der Waals surface area contributed by atoms with Crippen LogP contribution in [0.1, 0.15) is 21.9 Å². The van der Waals surface area contributed by atoms with Crippen LogP contribution in [-0.4, -0.2) is 28.8 Å². The molecule has 34 heavy (non-hydrogen) atoms. The van der Waals surface area contributed by atoms with Crippen molar-refractivity contribution in [3.63, 3.8) is 0 Å². The molecule has 1 N–H and O–H groups in total. The van der Waals surface area contributed by atoms with Crippen molar-refractivity contribution < 1.29 is 37.3 Å². The Labute approximate surface area is 190 Å². The van der Waals surface area contributed by atoms with E-state index in [4.69, 9.17) is 13.9 Å². The number of nitrogens with one attached hydrogen (secondary N) is 1. The van der Waals surface area contributed by atoms with Gasteiger partial charge in [0, 0.05) is 18.2 Å². The second-order valence-electron chi connectivity index (χ2n) is 6.91. The lowest BCUT2D eigenvalue weighted by molar-refractivity contribution is -0.386. The Hall–Kier alpha value is -4.55. The largest absolute Gasteiger partial charge is 0.487 e. The summed E-state index contributed by atoms with van der Waals surface area (Å²) in [4.78, 5) is 33.4. The van der Waals surface area contributed by atoms with Crippen molar-refractivity contribution in [2.24, 2.45) is 0 Å². The molecule has 1 aromatic heterocycles. The van der Waals surface area contributed by atoms with Crippen molar-refractivity contribution in [2.45, 2.75) is 20.0 Å². The number of carbonyl (C=O) groups is 1. The summed E-state index contributed by atoms with van der Waals surface area (Å²) in [6.07, 6.45) is -2.79. The van der Waals surface area contributed by atoms with Gasteiger partial charge in [-0.05, 0) is 30.7 Å². The number of amides is 1. The van der Waals surface area contributed by atoms with Crippen molar-refractivity contribution in [3.8, 4) is 11.5 Å². The lowest BCUT2D eigenvalue weighted by Gasteiger charge is -2.09. The van der Waals surface area contributed by atoms with E-state index in [0.29, 0.717) is 5.56 Å². The molecule has 1 heterocycles. The van der Waals surface area contributed by atoms with Crippen LogP contribution in [0.4, 0.5) is 25.8 Å². The number of nitro groups is 2. The quantitative estimate of drug-likeness (QED) is 0.321. The van der Waals surface area contributed by atoms with Gasteiger partial charge in [-0.1, -0.05) is 6.07 Å². The molecule has 0 fully saturated rings. The molecule has 3 aromatic rings. The summed E-state index contributed by atoms with van der Waals surface area (Å²) in [5, 5.41) is 24.6. The topological polar surface area (TPSA) is 147 Å². The minimum absolute atomic E-state index is 0.0194. The molecule has 0 bridgehead atoms. The van der Waals surface area contributed by atoms with Gasteiger partial charge >= 0.3 is 5.69 Å². The maximum absolute atomic E-state index is 12.5. The zero-order chi connectivity index (χ0) is 24.8. The van der Waals surface area contributed by atoms with Crippen LogP contribution in [0.2, 0.25) is 0 Å². The Bertz CT molecular complexity index is 1230. The zero-order valence-electron chi connectivity index (χ0n) is 17.5. The first-order valence-corrected chi connectivity index (χ1v) is 9.60. The van der Waals surface area contributed by atoms with Crippen LogP contribution in [0.5, 0.6) is 11.5 Å². The number of carbonyl (C=O) groups excluding carboxylic acids is 1. The number of halogens is 2. The third-order valence-electron chi connectivity index (χ3n) is 4.30. The second-order valence-corrected chi connectivity index (χ2v) is 6.91. The molecule has 3 rings (SSSR count). The summed E-state index contributed by atoms with van der Waals surface area (Å²) < 4.78 is 40.4. The lowest BCUT2D eigenvalue weighted by atomic mass is 10.2. The summed E-state index contributed by atoms with van der Waals surface area (Å²) in [5.74, 6) is -0.990. The highest BCUT2D eigenvalue weighted by molar-refractivity contribution is 6.02. The number of furan rings is 1. The molecule has 1 amide bonds.